The second-order valence-electron chi connectivity index (χ2n) is 7.10. The van der Waals surface area contributed by atoms with Crippen LogP contribution in [0.4, 0.5) is 5.69 Å². The third-order valence-electron chi connectivity index (χ3n) is 4.88. The van der Waals surface area contributed by atoms with Crippen molar-refractivity contribution >= 4 is 44.5 Å². The SMILES string of the molecule is CCCCOc1ccc(OC)cc1NC(=O)Cn1cnc2scc(-c3cccs3)c2c1=O. The minimum atomic E-state index is -0.352. The summed E-state index contributed by atoms with van der Waals surface area (Å²) in [6.45, 7) is 2.47. The number of hydrogen-bond donors (Lipinski definition) is 1. The molecule has 166 valence electrons. The monoisotopic (exact) mass is 469 g/mol. The number of fused-ring (bicyclic) bond motifs is 1. The fourth-order valence-electron chi connectivity index (χ4n) is 3.22. The van der Waals surface area contributed by atoms with E-state index in [2.05, 4.69) is 17.2 Å². The van der Waals surface area contributed by atoms with E-state index in [-0.39, 0.29) is 18.0 Å². The number of anilines is 1. The molecule has 0 aliphatic carbocycles. The summed E-state index contributed by atoms with van der Waals surface area (Å²) in [4.78, 5) is 32.0. The van der Waals surface area contributed by atoms with Crippen molar-refractivity contribution in [2.24, 2.45) is 0 Å². The molecule has 0 spiro atoms. The number of ether oxygens (including phenoxy) is 2. The van der Waals surface area contributed by atoms with Crippen molar-refractivity contribution in [2.45, 2.75) is 26.3 Å². The van der Waals surface area contributed by atoms with Crippen LogP contribution in [-0.4, -0.2) is 29.2 Å². The van der Waals surface area contributed by atoms with Gasteiger partial charge >= 0.3 is 0 Å². The number of carbonyl (C=O) groups excluding carboxylic acids is 1. The van der Waals surface area contributed by atoms with Gasteiger partial charge in [0.05, 0.1) is 31.1 Å². The Morgan fingerprint density at radius 2 is 2.12 bits per heavy atom. The maximum absolute atomic E-state index is 13.1. The van der Waals surface area contributed by atoms with E-state index >= 15 is 0 Å². The molecule has 0 bridgehead atoms. The zero-order valence-electron chi connectivity index (χ0n) is 17.8. The minimum absolute atomic E-state index is 0.160. The first-order chi connectivity index (χ1) is 15.6. The number of rotatable bonds is 9. The van der Waals surface area contributed by atoms with Gasteiger partial charge in [0.15, 0.2) is 0 Å². The molecule has 32 heavy (non-hydrogen) atoms. The summed E-state index contributed by atoms with van der Waals surface area (Å²) in [5, 5.41) is 7.29. The molecule has 0 saturated carbocycles. The van der Waals surface area contributed by atoms with Crippen LogP contribution < -0.4 is 20.3 Å². The van der Waals surface area contributed by atoms with Gasteiger partial charge in [-0.25, -0.2) is 4.98 Å². The van der Waals surface area contributed by atoms with Crippen molar-refractivity contribution in [3.05, 3.63) is 57.8 Å². The Kier molecular flexibility index (Phi) is 6.87. The molecule has 4 rings (SSSR count). The van der Waals surface area contributed by atoms with Crippen LogP contribution in [0.3, 0.4) is 0 Å². The van der Waals surface area contributed by atoms with Gasteiger partial charge in [0, 0.05) is 21.9 Å². The van der Waals surface area contributed by atoms with Crippen molar-refractivity contribution in [2.75, 3.05) is 19.0 Å². The Hall–Kier alpha value is -3.17. The molecule has 1 aromatic carbocycles. The molecular weight excluding hydrogens is 446 g/mol. The lowest BCUT2D eigenvalue weighted by Crippen LogP contribution is -2.28. The molecule has 1 amide bonds. The van der Waals surface area contributed by atoms with Gasteiger partial charge in [-0.15, -0.1) is 22.7 Å². The van der Waals surface area contributed by atoms with Crippen LogP contribution in [0.2, 0.25) is 0 Å². The van der Waals surface area contributed by atoms with Gasteiger partial charge in [0.25, 0.3) is 5.56 Å². The molecule has 0 unspecified atom stereocenters. The zero-order chi connectivity index (χ0) is 22.5. The molecule has 3 aromatic heterocycles. The molecule has 0 saturated heterocycles. The van der Waals surface area contributed by atoms with Crippen LogP contribution in [0.25, 0.3) is 20.7 Å². The predicted octanol–water partition coefficient (Wildman–Crippen LogP) is 5.01. The van der Waals surface area contributed by atoms with Crippen molar-refractivity contribution in [3.8, 4) is 21.9 Å². The maximum atomic E-state index is 13.1. The average Bonchev–Trinajstić information content (AvgIpc) is 3.47. The highest BCUT2D eigenvalue weighted by atomic mass is 32.1. The molecule has 3 heterocycles. The van der Waals surface area contributed by atoms with E-state index in [9.17, 15) is 9.59 Å². The second kappa shape index (κ2) is 9.97. The fraction of sp³-hybridized carbons (Fsp3) is 0.261. The summed E-state index contributed by atoms with van der Waals surface area (Å²) >= 11 is 2.99. The van der Waals surface area contributed by atoms with Gasteiger partial charge in [-0.1, -0.05) is 19.4 Å². The highest BCUT2D eigenvalue weighted by molar-refractivity contribution is 7.18. The number of amides is 1. The lowest BCUT2D eigenvalue weighted by molar-refractivity contribution is -0.116. The number of methoxy groups -OCH3 is 1. The lowest BCUT2D eigenvalue weighted by atomic mass is 10.2. The highest BCUT2D eigenvalue weighted by Crippen LogP contribution is 2.33. The number of nitrogens with zero attached hydrogens (tertiary/aromatic N) is 2. The van der Waals surface area contributed by atoms with Crippen LogP contribution >= 0.6 is 22.7 Å². The largest absolute Gasteiger partial charge is 0.497 e. The Morgan fingerprint density at radius 1 is 1.25 bits per heavy atom. The van der Waals surface area contributed by atoms with Crippen LogP contribution in [0.1, 0.15) is 19.8 Å². The third-order valence-corrected chi connectivity index (χ3v) is 6.67. The van der Waals surface area contributed by atoms with Crippen molar-refractivity contribution < 1.29 is 14.3 Å². The van der Waals surface area contributed by atoms with Crippen LogP contribution in [0.15, 0.2) is 52.2 Å². The van der Waals surface area contributed by atoms with E-state index in [1.165, 1.54) is 22.2 Å². The molecule has 0 aliphatic heterocycles. The van der Waals surface area contributed by atoms with Gasteiger partial charge in [-0.2, -0.15) is 0 Å². The summed E-state index contributed by atoms with van der Waals surface area (Å²) in [5.41, 5.74) is 1.12. The third kappa shape index (κ3) is 4.68. The number of benzene rings is 1. The van der Waals surface area contributed by atoms with E-state index in [0.717, 1.165) is 23.3 Å². The van der Waals surface area contributed by atoms with E-state index in [1.807, 2.05) is 22.9 Å². The molecule has 1 N–H and O–H groups in total. The molecular formula is C23H23N3O4S2. The molecule has 0 atom stereocenters. The number of aromatic nitrogens is 2. The van der Waals surface area contributed by atoms with Crippen molar-refractivity contribution in [1.29, 1.82) is 0 Å². The van der Waals surface area contributed by atoms with E-state index in [1.54, 1.807) is 36.6 Å². The first kappa shape index (κ1) is 22.0. The summed E-state index contributed by atoms with van der Waals surface area (Å²) < 4.78 is 12.4. The summed E-state index contributed by atoms with van der Waals surface area (Å²) in [6.07, 6.45) is 3.34. The van der Waals surface area contributed by atoms with Crippen molar-refractivity contribution in [3.63, 3.8) is 0 Å². The smallest absolute Gasteiger partial charge is 0.263 e. The molecule has 4 aromatic rings. The Balaban J connectivity index is 1.58. The summed E-state index contributed by atoms with van der Waals surface area (Å²) in [7, 11) is 1.56. The van der Waals surface area contributed by atoms with Crippen molar-refractivity contribution in [1.82, 2.24) is 9.55 Å². The number of hydrogen-bond acceptors (Lipinski definition) is 7. The summed E-state index contributed by atoms with van der Waals surface area (Å²) in [6, 6.07) is 9.17. The minimum Gasteiger partial charge on any atom is -0.497 e. The predicted molar refractivity (Wildman–Crippen MR) is 129 cm³/mol. The normalized spacial score (nSPS) is 10.9. The average molecular weight is 470 g/mol. The quantitative estimate of drug-likeness (QED) is 0.348. The first-order valence-corrected chi connectivity index (χ1v) is 12.0. The molecule has 0 aliphatic rings. The van der Waals surface area contributed by atoms with Gasteiger partial charge < -0.3 is 14.8 Å². The van der Waals surface area contributed by atoms with Gasteiger partial charge in [-0.3, -0.25) is 14.2 Å². The van der Waals surface area contributed by atoms with Crippen LogP contribution in [-0.2, 0) is 11.3 Å². The molecule has 0 radical (unpaired) electrons. The number of carbonyl (C=O) groups is 1. The van der Waals surface area contributed by atoms with E-state index in [4.69, 9.17) is 9.47 Å². The molecule has 7 nitrogen and oxygen atoms in total. The van der Waals surface area contributed by atoms with Crippen LogP contribution in [0, 0.1) is 0 Å². The maximum Gasteiger partial charge on any atom is 0.263 e. The van der Waals surface area contributed by atoms with Gasteiger partial charge in [-0.05, 0) is 30.0 Å². The summed E-state index contributed by atoms with van der Waals surface area (Å²) in [5.74, 6) is 0.809. The lowest BCUT2D eigenvalue weighted by Gasteiger charge is -2.14. The molecule has 9 heteroatoms. The fourth-order valence-corrected chi connectivity index (χ4v) is 4.94. The number of unbranched alkanes of at least 4 members (excludes halogenated alkanes) is 1. The Labute approximate surface area is 193 Å². The topological polar surface area (TPSA) is 82.4 Å². The second-order valence-corrected chi connectivity index (χ2v) is 8.90. The molecule has 0 fully saturated rings. The highest BCUT2D eigenvalue weighted by Gasteiger charge is 2.16. The van der Waals surface area contributed by atoms with Gasteiger partial charge in [0.1, 0.15) is 22.9 Å². The number of thiophene rings is 2. The van der Waals surface area contributed by atoms with E-state index < -0.39 is 0 Å². The number of nitrogens with one attached hydrogen (secondary N) is 1. The Morgan fingerprint density at radius 3 is 2.88 bits per heavy atom. The Bertz CT molecular complexity index is 1280. The van der Waals surface area contributed by atoms with E-state index in [0.29, 0.717) is 34.0 Å². The standard InChI is InChI=1S/C23H23N3O4S2/c1-3-4-9-30-18-8-7-15(29-2)11-17(18)25-20(27)12-26-14-24-22-21(23(26)28)16(13-32-22)19-6-5-10-31-19/h5-8,10-11,13-14H,3-4,9,12H2,1-2H3,(H,25,27). The van der Waals surface area contributed by atoms with Gasteiger partial charge in [0.2, 0.25) is 5.91 Å². The first-order valence-electron chi connectivity index (χ1n) is 10.2. The zero-order valence-corrected chi connectivity index (χ0v) is 19.4. The van der Waals surface area contributed by atoms with Crippen LogP contribution in [0.5, 0.6) is 11.5 Å².